The zero-order chi connectivity index (χ0) is 8.81. The Balaban J connectivity index is 2.15. The standard InChI is InChI=1S/C9H18N2O/c1-10-11-9(12)7-8-5-3-2-4-6-8/h8,10H,2-7H2,1H3,(H,11,12). The summed E-state index contributed by atoms with van der Waals surface area (Å²) in [4.78, 5) is 11.1. The Morgan fingerprint density at radius 3 is 2.58 bits per heavy atom. The van der Waals surface area contributed by atoms with E-state index in [1.54, 1.807) is 7.05 Å². The van der Waals surface area contributed by atoms with E-state index in [9.17, 15) is 4.79 Å². The maximum absolute atomic E-state index is 11.1. The minimum Gasteiger partial charge on any atom is -0.292 e. The second kappa shape index (κ2) is 5.14. The van der Waals surface area contributed by atoms with Gasteiger partial charge < -0.3 is 0 Å². The van der Waals surface area contributed by atoms with E-state index in [2.05, 4.69) is 10.9 Å². The maximum Gasteiger partial charge on any atom is 0.234 e. The van der Waals surface area contributed by atoms with Gasteiger partial charge in [0.1, 0.15) is 0 Å². The lowest BCUT2D eigenvalue weighted by Crippen LogP contribution is -2.35. The first-order valence-electron chi connectivity index (χ1n) is 4.78. The minimum atomic E-state index is 0.129. The van der Waals surface area contributed by atoms with Gasteiger partial charge >= 0.3 is 0 Å². The highest BCUT2D eigenvalue weighted by Crippen LogP contribution is 2.25. The highest BCUT2D eigenvalue weighted by Gasteiger charge is 2.16. The molecule has 1 aliphatic carbocycles. The normalized spacial score (nSPS) is 19.1. The molecular formula is C9H18N2O. The molecule has 12 heavy (non-hydrogen) atoms. The van der Waals surface area contributed by atoms with Crippen molar-refractivity contribution in [3.63, 3.8) is 0 Å². The molecule has 1 amide bonds. The summed E-state index contributed by atoms with van der Waals surface area (Å²) in [5.41, 5.74) is 5.26. The van der Waals surface area contributed by atoms with E-state index in [4.69, 9.17) is 0 Å². The molecule has 0 radical (unpaired) electrons. The number of carbonyl (C=O) groups excluding carboxylic acids is 1. The van der Waals surface area contributed by atoms with Crippen LogP contribution in [-0.2, 0) is 4.79 Å². The SMILES string of the molecule is CNNC(=O)CC1CCCCC1. The number of hydrazine groups is 1. The quantitative estimate of drug-likeness (QED) is 0.625. The molecule has 0 aromatic rings. The molecule has 0 spiro atoms. The zero-order valence-electron chi connectivity index (χ0n) is 7.73. The molecule has 1 aliphatic rings. The zero-order valence-corrected chi connectivity index (χ0v) is 7.73. The summed E-state index contributed by atoms with van der Waals surface area (Å²) < 4.78 is 0. The molecule has 0 aromatic heterocycles. The molecule has 0 bridgehead atoms. The van der Waals surface area contributed by atoms with Gasteiger partial charge in [-0.05, 0) is 18.8 Å². The fourth-order valence-corrected chi connectivity index (χ4v) is 1.84. The first-order chi connectivity index (χ1) is 5.83. The molecule has 0 aromatic carbocycles. The summed E-state index contributed by atoms with van der Waals surface area (Å²) >= 11 is 0. The lowest BCUT2D eigenvalue weighted by molar-refractivity contribution is -0.123. The number of hydrogen-bond donors (Lipinski definition) is 2. The topological polar surface area (TPSA) is 41.1 Å². The van der Waals surface area contributed by atoms with Crippen LogP contribution in [0.15, 0.2) is 0 Å². The Labute approximate surface area is 73.9 Å². The van der Waals surface area contributed by atoms with Crippen molar-refractivity contribution >= 4 is 5.91 Å². The molecule has 2 N–H and O–H groups in total. The third-order valence-electron chi connectivity index (χ3n) is 2.46. The van der Waals surface area contributed by atoms with Gasteiger partial charge in [-0.1, -0.05) is 19.3 Å². The predicted molar refractivity (Wildman–Crippen MR) is 48.4 cm³/mol. The van der Waals surface area contributed by atoms with E-state index in [0.29, 0.717) is 12.3 Å². The molecule has 1 saturated carbocycles. The molecule has 1 fully saturated rings. The van der Waals surface area contributed by atoms with Gasteiger partial charge in [0.25, 0.3) is 0 Å². The smallest absolute Gasteiger partial charge is 0.234 e. The Kier molecular flexibility index (Phi) is 4.08. The second-order valence-corrected chi connectivity index (χ2v) is 3.51. The molecule has 0 unspecified atom stereocenters. The van der Waals surface area contributed by atoms with Gasteiger partial charge in [0.15, 0.2) is 0 Å². The van der Waals surface area contributed by atoms with Crippen LogP contribution in [0, 0.1) is 5.92 Å². The van der Waals surface area contributed by atoms with Crippen molar-refractivity contribution in [2.45, 2.75) is 38.5 Å². The van der Waals surface area contributed by atoms with E-state index in [0.717, 1.165) is 0 Å². The summed E-state index contributed by atoms with van der Waals surface area (Å²) in [6.45, 7) is 0. The fraction of sp³-hybridized carbons (Fsp3) is 0.889. The van der Waals surface area contributed by atoms with Crippen LogP contribution in [0.4, 0.5) is 0 Å². The summed E-state index contributed by atoms with van der Waals surface area (Å²) in [5, 5.41) is 0. The van der Waals surface area contributed by atoms with E-state index in [-0.39, 0.29) is 5.91 Å². The Hall–Kier alpha value is -0.570. The molecule has 70 valence electrons. The number of carbonyl (C=O) groups is 1. The molecule has 0 saturated heterocycles. The van der Waals surface area contributed by atoms with Crippen molar-refractivity contribution in [3.8, 4) is 0 Å². The van der Waals surface area contributed by atoms with Crippen molar-refractivity contribution in [1.29, 1.82) is 0 Å². The van der Waals surface area contributed by atoms with E-state index in [1.807, 2.05) is 0 Å². The number of nitrogens with one attached hydrogen (secondary N) is 2. The van der Waals surface area contributed by atoms with Crippen LogP contribution < -0.4 is 10.9 Å². The van der Waals surface area contributed by atoms with Gasteiger partial charge in [0, 0.05) is 13.5 Å². The molecule has 1 rings (SSSR count). The molecule has 0 heterocycles. The van der Waals surface area contributed by atoms with Crippen LogP contribution in [-0.4, -0.2) is 13.0 Å². The third kappa shape index (κ3) is 3.22. The van der Waals surface area contributed by atoms with Crippen molar-refractivity contribution in [3.05, 3.63) is 0 Å². The van der Waals surface area contributed by atoms with Crippen LogP contribution in [0.25, 0.3) is 0 Å². The highest BCUT2D eigenvalue weighted by atomic mass is 16.2. The molecule has 0 aliphatic heterocycles. The first kappa shape index (κ1) is 9.52. The van der Waals surface area contributed by atoms with E-state index < -0.39 is 0 Å². The van der Waals surface area contributed by atoms with Crippen LogP contribution >= 0.6 is 0 Å². The van der Waals surface area contributed by atoms with Crippen LogP contribution in [0.5, 0.6) is 0 Å². The summed E-state index contributed by atoms with van der Waals surface area (Å²) in [6, 6.07) is 0. The molecular weight excluding hydrogens is 152 g/mol. The second-order valence-electron chi connectivity index (χ2n) is 3.51. The molecule has 3 heteroatoms. The largest absolute Gasteiger partial charge is 0.292 e. The van der Waals surface area contributed by atoms with E-state index >= 15 is 0 Å². The first-order valence-corrected chi connectivity index (χ1v) is 4.78. The average molecular weight is 170 g/mol. The number of rotatable bonds is 3. The third-order valence-corrected chi connectivity index (χ3v) is 2.46. The van der Waals surface area contributed by atoms with Gasteiger partial charge in [0.05, 0.1) is 0 Å². The monoisotopic (exact) mass is 170 g/mol. The van der Waals surface area contributed by atoms with Crippen LogP contribution in [0.2, 0.25) is 0 Å². The van der Waals surface area contributed by atoms with Gasteiger partial charge in [0.2, 0.25) is 5.91 Å². The Morgan fingerprint density at radius 1 is 1.33 bits per heavy atom. The van der Waals surface area contributed by atoms with Crippen molar-refractivity contribution in [2.24, 2.45) is 5.92 Å². The lowest BCUT2D eigenvalue weighted by Gasteiger charge is -2.20. The predicted octanol–water partition coefficient (Wildman–Crippen LogP) is 1.21. The fourth-order valence-electron chi connectivity index (χ4n) is 1.84. The molecule has 0 atom stereocenters. The average Bonchev–Trinajstić information content (AvgIpc) is 2.06. The van der Waals surface area contributed by atoms with Gasteiger partial charge in [-0.15, -0.1) is 0 Å². The number of amides is 1. The van der Waals surface area contributed by atoms with Gasteiger partial charge in [-0.25, -0.2) is 5.43 Å². The molecule has 3 nitrogen and oxygen atoms in total. The number of hydrogen-bond acceptors (Lipinski definition) is 2. The van der Waals surface area contributed by atoms with Crippen molar-refractivity contribution < 1.29 is 4.79 Å². The van der Waals surface area contributed by atoms with E-state index in [1.165, 1.54) is 32.1 Å². The van der Waals surface area contributed by atoms with Crippen LogP contribution in [0.3, 0.4) is 0 Å². The lowest BCUT2D eigenvalue weighted by atomic mass is 9.87. The van der Waals surface area contributed by atoms with Gasteiger partial charge in [-0.2, -0.15) is 0 Å². The highest BCUT2D eigenvalue weighted by molar-refractivity contribution is 5.75. The maximum atomic E-state index is 11.1. The van der Waals surface area contributed by atoms with Crippen LogP contribution in [0.1, 0.15) is 38.5 Å². The summed E-state index contributed by atoms with van der Waals surface area (Å²) in [7, 11) is 1.72. The van der Waals surface area contributed by atoms with Crippen molar-refractivity contribution in [1.82, 2.24) is 10.9 Å². The van der Waals surface area contributed by atoms with Gasteiger partial charge in [-0.3, -0.25) is 10.2 Å². The summed E-state index contributed by atoms with van der Waals surface area (Å²) in [5.74, 6) is 0.761. The minimum absolute atomic E-state index is 0.129. The van der Waals surface area contributed by atoms with Crippen molar-refractivity contribution in [2.75, 3.05) is 7.05 Å². The Morgan fingerprint density at radius 2 is 2.00 bits per heavy atom. The Bertz CT molecular complexity index is 141. The summed E-state index contributed by atoms with van der Waals surface area (Å²) in [6.07, 6.45) is 7.12.